The van der Waals surface area contributed by atoms with Crippen molar-refractivity contribution < 1.29 is 34.3 Å². The smallest absolute Gasteiger partial charge is 0.307 e. The lowest BCUT2D eigenvalue weighted by atomic mass is 10.1. The van der Waals surface area contributed by atoms with Crippen LogP contribution in [-0.4, -0.2) is 53.4 Å². The standard InChI is InChI=1S/C15H16N2O7.H2O/c1-23-12(18)6-10(7-13(19)24-2)16-8-9-4-3-5-11(17(21)22)14(9)15(16)20;/h3-5,10H,6-8H2,1-2H3;1H2. The van der Waals surface area contributed by atoms with Gasteiger partial charge in [0.05, 0.1) is 38.0 Å². The zero-order chi connectivity index (χ0) is 17.9. The van der Waals surface area contributed by atoms with Gasteiger partial charge in [-0.25, -0.2) is 0 Å². The number of fused-ring (bicyclic) bond motifs is 1. The lowest BCUT2D eigenvalue weighted by molar-refractivity contribution is -0.385. The zero-order valence-electron chi connectivity index (χ0n) is 13.7. The Bertz CT molecular complexity index is 685. The fourth-order valence-electron chi connectivity index (χ4n) is 2.66. The molecule has 1 amide bonds. The predicted octanol–water partition coefficient (Wildman–Crippen LogP) is 0.221. The number of hydrogen-bond donors (Lipinski definition) is 0. The highest BCUT2D eigenvalue weighted by Gasteiger charge is 2.39. The van der Waals surface area contributed by atoms with Crippen LogP contribution in [0.4, 0.5) is 5.69 Å². The van der Waals surface area contributed by atoms with Crippen LogP contribution in [0.1, 0.15) is 28.8 Å². The van der Waals surface area contributed by atoms with E-state index in [1.165, 1.54) is 31.3 Å². The van der Waals surface area contributed by atoms with Gasteiger partial charge in [0, 0.05) is 12.6 Å². The Morgan fingerprint density at radius 2 is 1.80 bits per heavy atom. The van der Waals surface area contributed by atoms with Crippen molar-refractivity contribution in [2.24, 2.45) is 0 Å². The van der Waals surface area contributed by atoms with Gasteiger partial charge in [-0.05, 0) is 5.56 Å². The molecule has 0 aromatic heterocycles. The summed E-state index contributed by atoms with van der Waals surface area (Å²) in [4.78, 5) is 47.5. The molecular formula is C15H18N2O8. The summed E-state index contributed by atoms with van der Waals surface area (Å²) in [5.74, 6) is -1.78. The van der Waals surface area contributed by atoms with Gasteiger partial charge in [-0.1, -0.05) is 12.1 Å². The molecule has 136 valence electrons. The second kappa shape index (κ2) is 8.20. The van der Waals surface area contributed by atoms with Crippen LogP contribution >= 0.6 is 0 Å². The van der Waals surface area contributed by atoms with E-state index >= 15 is 0 Å². The Morgan fingerprint density at radius 3 is 2.28 bits per heavy atom. The molecule has 0 fully saturated rings. The summed E-state index contributed by atoms with van der Waals surface area (Å²) in [6.07, 6.45) is -0.418. The van der Waals surface area contributed by atoms with Gasteiger partial charge < -0.3 is 19.8 Å². The van der Waals surface area contributed by atoms with Crippen molar-refractivity contribution in [2.75, 3.05) is 14.2 Å². The molecule has 0 radical (unpaired) electrons. The minimum absolute atomic E-state index is 0. The van der Waals surface area contributed by atoms with Gasteiger partial charge in [-0.2, -0.15) is 0 Å². The fraction of sp³-hybridized carbons (Fsp3) is 0.400. The summed E-state index contributed by atoms with van der Waals surface area (Å²) in [5, 5.41) is 11.1. The first-order valence-electron chi connectivity index (χ1n) is 7.10. The maximum Gasteiger partial charge on any atom is 0.307 e. The van der Waals surface area contributed by atoms with Crippen molar-refractivity contribution >= 4 is 23.5 Å². The number of nitro benzene ring substituents is 1. The summed E-state index contributed by atoms with van der Waals surface area (Å²) >= 11 is 0. The number of carbonyl (C=O) groups excluding carboxylic acids is 3. The van der Waals surface area contributed by atoms with Gasteiger partial charge in [0.25, 0.3) is 11.6 Å². The summed E-state index contributed by atoms with van der Waals surface area (Å²) in [6, 6.07) is 3.54. The van der Waals surface area contributed by atoms with Gasteiger partial charge >= 0.3 is 11.9 Å². The summed E-state index contributed by atoms with van der Waals surface area (Å²) in [6.45, 7) is 0.0779. The molecule has 1 aliphatic rings. The van der Waals surface area contributed by atoms with Crippen LogP contribution in [0.25, 0.3) is 0 Å². The molecule has 10 nitrogen and oxygen atoms in total. The van der Waals surface area contributed by atoms with Crippen LogP contribution in [0, 0.1) is 10.1 Å². The lowest BCUT2D eigenvalue weighted by Crippen LogP contribution is -2.39. The first-order valence-corrected chi connectivity index (χ1v) is 7.10. The van der Waals surface area contributed by atoms with E-state index in [4.69, 9.17) is 0 Å². The Labute approximate surface area is 142 Å². The van der Waals surface area contributed by atoms with Gasteiger partial charge in [0.2, 0.25) is 0 Å². The number of ether oxygens (including phenoxy) is 2. The number of rotatable bonds is 6. The highest BCUT2D eigenvalue weighted by molar-refractivity contribution is 6.02. The van der Waals surface area contributed by atoms with Gasteiger partial charge in [-0.3, -0.25) is 24.5 Å². The molecule has 0 bridgehead atoms. The third-order valence-corrected chi connectivity index (χ3v) is 3.84. The highest BCUT2D eigenvalue weighted by atomic mass is 16.6. The summed E-state index contributed by atoms with van der Waals surface area (Å²) in [7, 11) is 2.39. The van der Waals surface area contributed by atoms with Crippen molar-refractivity contribution in [1.29, 1.82) is 0 Å². The Hall–Kier alpha value is -3.01. The van der Waals surface area contributed by atoms with Gasteiger partial charge in [-0.15, -0.1) is 0 Å². The van der Waals surface area contributed by atoms with Crippen LogP contribution in [0.3, 0.4) is 0 Å². The zero-order valence-corrected chi connectivity index (χ0v) is 13.7. The minimum Gasteiger partial charge on any atom is -0.469 e. The van der Waals surface area contributed by atoms with Crippen LogP contribution in [0.5, 0.6) is 0 Å². The number of nitrogens with zero attached hydrogens (tertiary/aromatic N) is 2. The molecule has 10 heteroatoms. The molecule has 0 unspecified atom stereocenters. The third kappa shape index (κ3) is 4.10. The van der Waals surface area contributed by atoms with Crippen molar-refractivity contribution in [3.05, 3.63) is 39.4 Å². The molecule has 2 N–H and O–H groups in total. The molecule has 0 saturated heterocycles. The second-order valence-electron chi connectivity index (χ2n) is 5.22. The van der Waals surface area contributed by atoms with E-state index in [-0.39, 0.29) is 36.1 Å². The molecule has 1 aliphatic heterocycles. The number of amides is 1. The average molecular weight is 354 g/mol. The molecule has 0 saturated carbocycles. The Kier molecular flexibility index (Phi) is 6.57. The van der Waals surface area contributed by atoms with E-state index in [1.807, 2.05) is 0 Å². The third-order valence-electron chi connectivity index (χ3n) is 3.84. The molecule has 2 rings (SSSR count). The van der Waals surface area contributed by atoms with E-state index < -0.39 is 28.8 Å². The molecule has 25 heavy (non-hydrogen) atoms. The van der Waals surface area contributed by atoms with E-state index in [0.717, 1.165) is 0 Å². The largest absolute Gasteiger partial charge is 0.469 e. The first kappa shape index (κ1) is 20.0. The lowest BCUT2D eigenvalue weighted by Gasteiger charge is -2.26. The normalized spacial score (nSPS) is 12.4. The second-order valence-corrected chi connectivity index (χ2v) is 5.22. The number of methoxy groups -OCH3 is 2. The highest BCUT2D eigenvalue weighted by Crippen LogP contribution is 2.33. The molecule has 1 heterocycles. The number of carbonyl (C=O) groups is 3. The fourth-order valence-corrected chi connectivity index (χ4v) is 2.66. The van der Waals surface area contributed by atoms with E-state index in [1.54, 1.807) is 6.07 Å². The van der Waals surface area contributed by atoms with E-state index in [2.05, 4.69) is 9.47 Å². The van der Waals surface area contributed by atoms with Crippen LogP contribution in [0.2, 0.25) is 0 Å². The van der Waals surface area contributed by atoms with Gasteiger partial charge in [0.1, 0.15) is 5.56 Å². The molecule has 0 aliphatic carbocycles. The number of benzene rings is 1. The molecule has 1 aromatic rings. The summed E-state index contributed by atoms with van der Waals surface area (Å²) < 4.78 is 9.19. The average Bonchev–Trinajstić information content (AvgIpc) is 2.90. The maximum absolute atomic E-state index is 12.6. The molecule has 1 aromatic carbocycles. The monoisotopic (exact) mass is 354 g/mol. The number of esters is 2. The topological polar surface area (TPSA) is 148 Å². The first-order chi connectivity index (χ1) is 11.4. The molecule has 0 atom stereocenters. The van der Waals surface area contributed by atoms with Gasteiger partial charge in [0.15, 0.2) is 0 Å². The quantitative estimate of drug-likeness (QED) is 0.403. The van der Waals surface area contributed by atoms with Crippen molar-refractivity contribution in [1.82, 2.24) is 4.90 Å². The van der Waals surface area contributed by atoms with Crippen molar-refractivity contribution in [3.63, 3.8) is 0 Å². The predicted molar refractivity (Wildman–Crippen MR) is 83.6 cm³/mol. The van der Waals surface area contributed by atoms with Crippen LogP contribution in [-0.2, 0) is 25.6 Å². The van der Waals surface area contributed by atoms with Crippen molar-refractivity contribution in [3.8, 4) is 0 Å². The van der Waals surface area contributed by atoms with Crippen molar-refractivity contribution in [2.45, 2.75) is 25.4 Å². The molecular weight excluding hydrogens is 336 g/mol. The summed E-state index contributed by atoms with van der Waals surface area (Å²) in [5.41, 5.74) is 0.172. The van der Waals surface area contributed by atoms with Crippen LogP contribution < -0.4 is 0 Å². The van der Waals surface area contributed by atoms with Crippen LogP contribution in [0.15, 0.2) is 18.2 Å². The number of nitro groups is 1. The molecule has 0 spiro atoms. The van der Waals surface area contributed by atoms with E-state index in [9.17, 15) is 24.5 Å². The Morgan fingerprint density at radius 1 is 1.24 bits per heavy atom. The number of hydrogen-bond acceptors (Lipinski definition) is 7. The minimum atomic E-state index is -0.801. The van der Waals surface area contributed by atoms with E-state index in [0.29, 0.717) is 5.56 Å². The SMILES string of the molecule is COC(=O)CC(CC(=O)OC)N1Cc2cccc([N+](=O)[O-])c2C1=O.O. The maximum atomic E-state index is 12.6. The Balaban J connectivity index is 0.00000312.